The molecule has 0 spiro atoms. The Kier molecular flexibility index (Phi) is 9.45. The third kappa shape index (κ3) is 7.48. The molecule has 5 atom stereocenters. The van der Waals surface area contributed by atoms with Crippen LogP contribution in [0, 0.1) is 11.8 Å². The van der Waals surface area contributed by atoms with Gasteiger partial charge < -0.3 is 24.4 Å². The average molecular weight is 539 g/mol. The summed E-state index contributed by atoms with van der Waals surface area (Å²) in [4.78, 5) is 29.7. The topological polar surface area (TPSA) is 97.1 Å². The van der Waals surface area contributed by atoms with Crippen molar-refractivity contribution in [1.29, 1.82) is 0 Å². The van der Waals surface area contributed by atoms with Crippen LogP contribution in [0.3, 0.4) is 0 Å². The number of piperazine rings is 1. The molecule has 9 heteroatoms. The third-order valence-electron chi connectivity index (χ3n) is 7.87. The number of aliphatic hydroxyl groups is 1. The van der Waals surface area contributed by atoms with Crippen LogP contribution < -0.4 is 0 Å². The van der Waals surface area contributed by atoms with E-state index in [0.717, 1.165) is 35.1 Å². The maximum atomic E-state index is 13.0. The highest BCUT2D eigenvalue weighted by molar-refractivity contribution is 5.81. The van der Waals surface area contributed by atoms with E-state index in [0.29, 0.717) is 25.9 Å². The van der Waals surface area contributed by atoms with Crippen molar-refractivity contribution in [2.45, 2.75) is 58.3 Å². The first-order valence-electron chi connectivity index (χ1n) is 13.9. The van der Waals surface area contributed by atoms with Crippen molar-refractivity contribution < 1.29 is 24.2 Å². The Hall–Kier alpha value is -3.17. The lowest BCUT2D eigenvalue weighted by Gasteiger charge is -2.33. The molecule has 0 unspecified atom stereocenters. The molecule has 4 rings (SSSR count). The Balaban J connectivity index is 1.57. The molecule has 0 radical (unpaired) electrons. The van der Waals surface area contributed by atoms with Gasteiger partial charge in [-0.1, -0.05) is 38.1 Å². The molecular formula is C30H42N4O5. The number of rotatable bonds is 3. The highest BCUT2D eigenvalue weighted by Crippen LogP contribution is 2.26. The zero-order chi connectivity index (χ0) is 28.1. The Labute approximate surface area is 231 Å². The number of carbonyl (C=O) groups excluding carboxylic acids is 2. The maximum absolute atomic E-state index is 13.0. The molecule has 1 amide bonds. The van der Waals surface area contributed by atoms with Crippen LogP contribution in [0.5, 0.6) is 0 Å². The van der Waals surface area contributed by atoms with Gasteiger partial charge in [0.15, 0.2) is 0 Å². The lowest BCUT2D eigenvalue weighted by atomic mass is 9.91. The molecule has 9 nitrogen and oxygen atoms in total. The van der Waals surface area contributed by atoms with Gasteiger partial charge in [-0.25, -0.2) is 4.79 Å². The maximum Gasteiger partial charge on any atom is 0.410 e. The minimum Gasteiger partial charge on any atom is -0.457 e. The van der Waals surface area contributed by atoms with Crippen LogP contribution in [0.4, 0.5) is 4.79 Å². The van der Waals surface area contributed by atoms with Gasteiger partial charge in [0.1, 0.15) is 12.2 Å². The standard InChI is InChI=1S/C30H42N4O5/c1-20-6-10-25(35)18-28(36)39-29(22(3)16-23-8-9-24-19-31-33(5)26(24)17-23)21(2)7-11-27(20)38-30(37)34-14-12-32(4)13-15-34/h7-9,11,16-17,19-21,25,27,29,35H,6,10,12-15,18H2,1-5H3/b11-7+,22-16+/t20-,21-,25+,27-,29-/m0/s1. The lowest BCUT2D eigenvalue weighted by molar-refractivity contribution is -0.151. The van der Waals surface area contributed by atoms with Crippen molar-refractivity contribution in [1.82, 2.24) is 19.6 Å². The number of benzene rings is 1. The van der Waals surface area contributed by atoms with E-state index in [2.05, 4.69) is 16.1 Å². The number of cyclic esters (lactones) is 1. The largest absolute Gasteiger partial charge is 0.457 e. The van der Waals surface area contributed by atoms with Crippen molar-refractivity contribution in [3.63, 3.8) is 0 Å². The Morgan fingerprint density at radius 1 is 1.13 bits per heavy atom. The van der Waals surface area contributed by atoms with Gasteiger partial charge in [-0.2, -0.15) is 5.10 Å². The number of nitrogens with zero attached hydrogens (tertiary/aromatic N) is 4. The van der Waals surface area contributed by atoms with Crippen LogP contribution in [-0.2, 0) is 21.3 Å². The number of carbonyl (C=O) groups is 2. The van der Waals surface area contributed by atoms with Gasteiger partial charge in [0.2, 0.25) is 0 Å². The van der Waals surface area contributed by atoms with E-state index in [4.69, 9.17) is 9.47 Å². The molecule has 2 aromatic rings. The number of likely N-dealkylation sites (N-methyl/N-ethyl adjacent to an activating group) is 1. The Morgan fingerprint density at radius 2 is 1.87 bits per heavy atom. The Bertz CT molecular complexity index is 1210. The van der Waals surface area contributed by atoms with Crippen molar-refractivity contribution in [3.05, 3.63) is 47.7 Å². The second-order valence-corrected chi connectivity index (χ2v) is 11.2. The summed E-state index contributed by atoms with van der Waals surface area (Å²) >= 11 is 0. The fraction of sp³-hybridized carbons (Fsp3) is 0.567. The molecule has 1 fully saturated rings. The van der Waals surface area contributed by atoms with Crippen LogP contribution in [0.25, 0.3) is 17.0 Å². The number of hydrogen-bond acceptors (Lipinski definition) is 7. The molecule has 1 aromatic carbocycles. The van der Waals surface area contributed by atoms with E-state index in [-0.39, 0.29) is 24.3 Å². The van der Waals surface area contributed by atoms with E-state index in [9.17, 15) is 14.7 Å². The van der Waals surface area contributed by atoms with Crippen molar-refractivity contribution in [2.75, 3.05) is 33.2 Å². The number of amides is 1. The highest BCUT2D eigenvalue weighted by Gasteiger charge is 2.29. The number of aromatic nitrogens is 2. The monoisotopic (exact) mass is 538 g/mol. The highest BCUT2D eigenvalue weighted by atomic mass is 16.6. The quantitative estimate of drug-likeness (QED) is 0.466. The summed E-state index contributed by atoms with van der Waals surface area (Å²) in [5, 5.41) is 15.9. The minimum absolute atomic E-state index is 0.0179. The zero-order valence-corrected chi connectivity index (χ0v) is 23.7. The molecule has 1 aromatic heterocycles. The molecule has 1 saturated heterocycles. The molecule has 39 heavy (non-hydrogen) atoms. The normalized spacial score (nSPS) is 28.9. The van der Waals surface area contributed by atoms with Crippen LogP contribution in [0.2, 0.25) is 0 Å². The molecule has 0 saturated carbocycles. The molecule has 1 N–H and O–H groups in total. The number of ether oxygens (including phenoxy) is 2. The summed E-state index contributed by atoms with van der Waals surface area (Å²) in [6.45, 7) is 8.88. The van der Waals surface area contributed by atoms with E-state index >= 15 is 0 Å². The predicted octanol–water partition coefficient (Wildman–Crippen LogP) is 4.01. The molecule has 2 aliphatic rings. The third-order valence-corrected chi connectivity index (χ3v) is 7.87. The number of aliphatic hydroxyl groups excluding tert-OH is 1. The average Bonchev–Trinajstić information content (AvgIpc) is 3.27. The molecule has 0 bridgehead atoms. The second kappa shape index (κ2) is 12.8. The van der Waals surface area contributed by atoms with Gasteiger partial charge in [0.05, 0.1) is 24.2 Å². The Morgan fingerprint density at radius 3 is 2.62 bits per heavy atom. The molecule has 212 valence electrons. The molecular weight excluding hydrogens is 496 g/mol. The molecule has 2 aliphatic heterocycles. The van der Waals surface area contributed by atoms with Gasteiger partial charge in [0, 0.05) is 44.5 Å². The van der Waals surface area contributed by atoms with Crippen LogP contribution in [0.15, 0.2) is 42.1 Å². The predicted molar refractivity (Wildman–Crippen MR) is 151 cm³/mol. The van der Waals surface area contributed by atoms with Gasteiger partial charge in [-0.05, 0) is 56.0 Å². The van der Waals surface area contributed by atoms with E-state index < -0.39 is 24.3 Å². The number of fused-ring (bicyclic) bond motifs is 1. The van der Waals surface area contributed by atoms with E-state index in [1.54, 1.807) is 4.90 Å². The minimum atomic E-state index is -0.815. The summed E-state index contributed by atoms with van der Waals surface area (Å²) in [7, 11) is 3.95. The number of aryl methyl sites for hydroxylation is 1. The summed E-state index contributed by atoms with van der Waals surface area (Å²) in [6.07, 6.45) is 6.62. The van der Waals surface area contributed by atoms with E-state index in [1.165, 1.54) is 0 Å². The second-order valence-electron chi connectivity index (χ2n) is 11.2. The van der Waals surface area contributed by atoms with Gasteiger partial charge in [-0.3, -0.25) is 9.48 Å². The van der Waals surface area contributed by atoms with Crippen LogP contribution in [0.1, 0.15) is 45.6 Å². The van der Waals surface area contributed by atoms with Gasteiger partial charge in [0.25, 0.3) is 0 Å². The SMILES string of the molecule is C/C(=C\c1ccc2cnn(C)c2c1)[C@H]1OC(=O)C[C@H](O)CC[C@H](C)[C@@H](OC(=O)N2CCN(C)CC2)/C=C/[C@@H]1C. The summed E-state index contributed by atoms with van der Waals surface area (Å²) in [6, 6.07) is 6.10. The van der Waals surface area contributed by atoms with Gasteiger partial charge >= 0.3 is 12.1 Å². The van der Waals surface area contributed by atoms with Gasteiger partial charge in [-0.15, -0.1) is 0 Å². The van der Waals surface area contributed by atoms with E-state index in [1.807, 2.05) is 76.1 Å². The van der Waals surface area contributed by atoms with Crippen molar-refractivity contribution >= 4 is 29.0 Å². The van der Waals surface area contributed by atoms with Crippen LogP contribution in [-0.4, -0.2) is 88.3 Å². The first-order valence-corrected chi connectivity index (χ1v) is 13.9. The first-order chi connectivity index (χ1) is 18.6. The summed E-state index contributed by atoms with van der Waals surface area (Å²) < 4.78 is 13.7. The molecule has 0 aliphatic carbocycles. The lowest BCUT2D eigenvalue weighted by Crippen LogP contribution is -2.48. The summed E-state index contributed by atoms with van der Waals surface area (Å²) in [5.74, 6) is -0.622. The van der Waals surface area contributed by atoms with Crippen LogP contribution >= 0.6 is 0 Å². The zero-order valence-electron chi connectivity index (χ0n) is 23.7. The molecule has 3 heterocycles. The van der Waals surface area contributed by atoms with Crippen molar-refractivity contribution in [3.8, 4) is 0 Å². The number of esters is 1. The smallest absolute Gasteiger partial charge is 0.410 e. The van der Waals surface area contributed by atoms with Crippen molar-refractivity contribution in [2.24, 2.45) is 18.9 Å². The first kappa shape index (κ1) is 28.8. The summed E-state index contributed by atoms with van der Waals surface area (Å²) in [5.41, 5.74) is 2.88. The fourth-order valence-electron chi connectivity index (χ4n) is 5.23. The number of hydrogen-bond donors (Lipinski definition) is 1. The fourth-order valence-corrected chi connectivity index (χ4v) is 5.23.